The highest BCUT2D eigenvalue weighted by atomic mass is 16.2. The summed E-state index contributed by atoms with van der Waals surface area (Å²) in [5, 5.41) is 16.6. The van der Waals surface area contributed by atoms with Crippen LogP contribution in [0.4, 0.5) is 11.5 Å². The Hall–Kier alpha value is -2.86. The Morgan fingerprint density at radius 2 is 1.88 bits per heavy atom. The van der Waals surface area contributed by atoms with Gasteiger partial charge in [0.1, 0.15) is 11.9 Å². The third-order valence-electron chi connectivity index (χ3n) is 4.77. The molecule has 2 aromatic rings. The van der Waals surface area contributed by atoms with Crippen LogP contribution < -0.4 is 16.6 Å². The molecule has 26 heavy (non-hydrogen) atoms. The number of nitrogens with one attached hydrogen (secondary N) is 1. The van der Waals surface area contributed by atoms with Gasteiger partial charge in [-0.1, -0.05) is 6.42 Å². The normalized spacial score (nSPS) is 15.0. The lowest BCUT2D eigenvalue weighted by Crippen LogP contribution is -2.39. The van der Waals surface area contributed by atoms with E-state index in [1.54, 1.807) is 6.20 Å². The molecule has 0 bridgehead atoms. The predicted octanol–water partition coefficient (Wildman–Crippen LogP) is 0.382. The molecule has 2 aromatic heterocycles. The molecular weight excluding hydrogens is 334 g/mol. The van der Waals surface area contributed by atoms with Crippen molar-refractivity contribution in [2.45, 2.75) is 25.8 Å². The van der Waals surface area contributed by atoms with Gasteiger partial charge < -0.3 is 10.2 Å². The number of aromatic nitrogens is 4. The maximum atomic E-state index is 12.1. The van der Waals surface area contributed by atoms with Crippen LogP contribution in [-0.2, 0) is 20.6 Å². The second-order valence-corrected chi connectivity index (χ2v) is 6.56. The molecule has 1 fully saturated rings. The number of anilines is 2. The lowest BCUT2D eigenvalue weighted by Gasteiger charge is -2.26. The van der Waals surface area contributed by atoms with Crippen LogP contribution in [0.2, 0.25) is 0 Å². The zero-order valence-electron chi connectivity index (χ0n) is 15.1. The highest BCUT2D eigenvalue weighted by Gasteiger charge is 2.16. The molecule has 0 atom stereocenters. The molecule has 0 aliphatic carbocycles. The Morgan fingerprint density at radius 3 is 2.58 bits per heavy atom. The lowest BCUT2D eigenvalue weighted by molar-refractivity contribution is 0.218. The molecule has 0 spiro atoms. The van der Waals surface area contributed by atoms with Crippen LogP contribution in [0.5, 0.6) is 0 Å². The number of likely N-dealkylation sites (tertiary alicyclic amines) is 1. The Bertz CT molecular complexity index is 941. The van der Waals surface area contributed by atoms with Crippen molar-refractivity contribution < 1.29 is 0 Å². The summed E-state index contributed by atoms with van der Waals surface area (Å²) in [6.45, 7) is 3.97. The van der Waals surface area contributed by atoms with Gasteiger partial charge in [-0.15, -0.1) is 0 Å². The number of piperidine rings is 1. The topological polar surface area (TPSA) is 101 Å². The van der Waals surface area contributed by atoms with Gasteiger partial charge in [0.05, 0.1) is 18.4 Å². The van der Waals surface area contributed by atoms with Gasteiger partial charge >= 0.3 is 5.69 Å². The SMILES string of the molecule is Cn1c(Nc2cnn(CCN3CCCCC3)c2)c(C#N)c(=O)n(C)c1=O. The maximum Gasteiger partial charge on any atom is 0.332 e. The van der Waals surface area contributed by atoms with Crippen LogP contribution in [0.25, 0.3) is 0 Å². The molecule has 138 valence electrons. The van der Waals surface area contributed by atoms with E-state index >= 15 is 0 Å². The largest absolute Gasteiger partial charge is 0.338 e. The summed E-state index contributed by atoms with van der Waals surface area (Å²) in [5.41, 5.74) is -0.580. The van der Waals surface area contributed by atoms with Crippen LogP contribution in [0.1, 0.15) is 24.8 Å². The number of hydrogen-bond donors (Lipinski definition) is 1. The van der Waals surface area contributed by atoms with Crippen molar-refractivity contribution in [1.29, 1.82) is 5.26 Å². The Kier molecular flexibility index (Phi) is 5.23. The van der Waals surface area contributed by atoms with E-state index in [9.17, 15) is 14.9 Å². The van der Waals surface area contributed by atoms with E-state index in [2.05, 4.69) is 15.3 Å². The van der Waals surface area contributed by atoms with Gasteiger partial charge in [-0.25, -0.2) is 4.79 Å². The summed E-state index contributed by atoms with van der Waals surface area (Å²) >= 11 is 0. The first-order valence-corrected chi connectivity index (χ1v) is 8.73. The Morgan fingerprint density at radius 1 is 1.15 bits per heavy atom. The first-order valence-electron chi connectivity index (χ1n) is 8.73. The van der Waals surface area contributed by atoms with Crippen LogP contribution in [0.15, 0.2) is 22.0 Å². The molecular formula is C17H23N7O2. The van der Waals surface area contributed by atoms with Crippen molar-refractivity contribution in [1.82, 2.24) is 23.8 Å². The van der Waals surface area contributed by atoms with Gasteiger partial charge in [-0.3, -0.25) is 18.6 Å². The number of rotatable bonds is 5. The van der Waals surface area contributed by atoms with Gasteiger partial charge in [0.25, 0.3) is 5.56 Å². The van der Waals surface area contributed by atoms with Gasteiger partial charge in [0.2, 0.25) is 0 Å². The highest BCUT2D eigenvalue weighted by molar-refractivity contribution is 5.61. The molecule has 9 heteroatoms. The van der Waals surface area contributed by atoms with E-state index in [0.29, 0.717) is 5.69 Å². The fraction of sp³-hybridized carbons (Fsp3) is 0.529. The van der Waals surface area contributed by atoms with Crippen molar-refractivity contribution >= 4 is 11.5 Å². The van der Waals surface area contributed by atoms with E-state index in [1.165, 1.54) is 37.9 Å². The standard InChI is InChI=1S/C17H23N7O2/c1-21-15(14(10-18)16(25)22(2)17(21)26)20-13-11-19-24(12-13)9-8-23-6-4-3-5-7-23/h11-12,20H,3-9H2,1-2H3. The first kappa shape index (κ1) is 17.9. The molecule has 1 aliphatic rings. The summed E-state index contributed by atoms with van der Waals surface area (Å²) < 4.78 is 4.00. The molecule has 0 saturated carbocycles. The van der Waals surface area contributed by atoms with Crippen LogP contribution in [0, 0.1) is 11.3 Å². The maximum absolute atomic E-state index is 12.1. The third kappa shape index (κ3) is 3.55. The van der Waals surface area contributed by atoms with Crippen molar-refractivity contribution in [3.05, 3.63) is 38.8 Å². The number of hydrogen-bond acceptors (Lipinski definition) is 6. The minimum absolute atomic E-state index is 0.101. The second-order valence-electron chi connectivity index (χ2n) is 6.56. The van der Waals surface area contributed by atoms with E-state index in [1.807, 2.05) is 16.9 Å². The summed E-state index contributed by atoms with van der Waals surface area (Å²) in [6, 6.07) is 1.88. The van der Waals surface area contributed by atoms with Gasteiger partial charge in [0.15, 0.2) is 5.56 Å². The second kappa shape index (κ2) is 7.58. The molecule has 0 aromatic carbocycles. The quantitative estimate of drug-likeness (QED) is 0.830. The predicted molar refractivity (Wildman–Crippen MR) is 97.4 cm³/mol. The van der Waals surface area contributed by atoms with Gasteiger partial charge in [-0.05, 0) is 25.9 Å². The summed E-state index contributed by atoms with van der Waals surface area (Å²) in [7, 11) is 2.87. The Labute approximate surface area is 151 Å². The Balaban J connectivity index is 1.76. The van der Waals surface area contributed by atoms with E-state index in [4.69, 9.17) is 0 Å². The van der Waals surface area contributed by atoms with Gasteiger partial charge in [-0.2, -0.15) is 10.4 Å². The van der Waals surface area contributed by atoms with E-state index in [0.717, 1.165) is 30.7 Å². The average Bonchev–Trinajstić information content (AvgIpc) is 3.11. The van der Waals surface area contributed by atoms with Gasteiger partial charge in [0, 0.05) is 26.8 Å². The molecule has 1 aliphatic heterocycles. The minimum Gasteiger partial charge on any atom is -0.338 e. The molecule has 0 radical (unpaired) electrons. The molecule has 3 heterocycles. The fourth-order valence-corrected chi connectivity index (χ4v) is 3.21. The zero-order chi connectivity index (χ0) is 18.7. The van der Waals surface area contributed by atoms with Crippen LogP contribution in [0.3, 0.4) is 0 Å². The fourth-order valence-electron chi connectivity index (χ4n) is 3.21. The van der Waals surface area contributed by atoms with Crippen LogP contribution in [-0.4, -0.2) is 43.4 Å². The summed E-state index contributed by atoms with van der Waals surface area (Å²) in [5.74, 6) is 0.177. The molecule has 9 nitrogen and oxygen atoms in total. The number of nitrogens with zero attached hydrogens (tertiary/aromatic N) is 6. The van der Waals surface area contributed by atoms with Crippen LogP contribution >= 0.6 is 0 Å². The smallest absolute Gasteiger partial charge is 0.332 e. The molecule has 1 N–H and O–H groups in total. The minimum atomic E-state index is -0.615. The molecule has 0 unspecified atom stereocenters. The third-order valence-corrected chi connectivity index (χ3v) is 4.77. The van der Waals surface area contributed by atoms with E-state index in [-0.39, 0.29) is 11.4 Å². The highest BCUT2D eigenvalue weighted by Crippen LogP contribution is 2.16. The molecule has 1 saturated heterocycles. The van der Waals surface area contributed by atoms with Crippen molar-refractivity contribution in [2.24, 2.45) is 14.1 Å². The summed E-state index contributed by atoms with van der Waals surface area (Å²) in [6.07, 6.45) is 7.24. The number of nitriles is 1. The van der Waals surface area contributed by atoms with E-state index < -0.39 is 11.2 Å². The molecule has 0 amide bonds. The summed E-state index contributed by atoms with van der Waals surface area (Å²) in [4.78, 5) is 26.7. The monoisotopic (exact) mass is 357 g/mol. The van der Waals surface area contributed by atoms with Crippen molar-refractivity contribution in [3.63, 3.8) is 0 Å². The average molecular weight is 357 g/mol. The first-order chi connectivity index (χ1) is 12.5. The van der Waals surface area contributed by atoms with Crippen molar-refractivity contribution in [3.8, 4) is 6.07 Å². The lowest BCUT2D eigenvalue weighted by atomic mass is 10.1. The van der Waals surface area contributed by atoms with Crippen molar-refractivity contribution in [2.75, 3.05) is 25.0 Å². The zero-order valence-corrected chi connectivity index (χ0v) is 15.1. The molecule has 3 rings (SSSR count).